The lowest BCUT2D eigenvalue weighted by molar-refractivity contribution is 0.477. The van der Waals surface area contributed by atoms with Crippen LogP contribution in [-0.4, -0.2) is 11.7 Å². The van der Waals surface area contributed by atoms with E-state index in [4.69, 9.17) is 0 Å². The fraction of sp³-hybridized carbons (Fsp3) is 0.333. The first kappa shape index (κ1) is 9.51. The third-order valence-electron chi connectivity index (χ3n) is 1.65. The smallest absolute Gasteiger partial charge is 0.149 e. The zero-order chi connectivity index (χ0) is 9.68. The van der Waals surface area contributed by atoms with Crippen LogP contribution in [0.15, 0.2) is 23.4 Å². The molecule has 0 aliphatic heterocycles. The lowest BCUT2D eigenvalue weighted by Gasteiger charge is -2.04. The van der Waals surface area contributed by atoms with Crippen molar-refractivity contribution in [3.8, 4) is 5.75 Å². The van der Waals surface area contributed by atoms with Crippen LogP contribution in [0.25, 0.3) is 0 Å². The number of phenolic OH excluding ortho intramolecular Hbond substituents is 1. The molecular weight excluding hydrogens is 168 g/mol. The van der Waals surface area contributed by atoms with Gasteiger partial charge in [-0.05, 0) is 23.7 Å². The fourth-order valence-corrected chi connectivity index (χ4v) is 0.980. The van der Waals surface area contributed by atoms with Gasteiger partial charge in [-0.1, -0.05) is 6.92 Å². The van der Waals surface area contributed by atoms with Gasteiger partial charge in [0.05, 0.1) is 0 Å². The Bertz CT molecular complexity index is 300. The Morgan fingerprint density at radius 1 is 1.54 bits per heavy atom. The van der Waals surface area contributed by atoms with Gasteiger partial charge in [0.1, 0.15) is 11.4 Å². The van der Waals surface area contributed by atoms with Crippen molar-refractivity contribution in [2.45, 2.75) is 13.3 Å². The standard InChI is InChI=1S/C9H12N2O2/c1-2-5-10-7-3-4-8(11-13)9(12)6-7/h3-4,6,10,12H,2,5H2,1H3. The first-order valence-corrected chi connectivity index (χ1v) is 4.18. The molecule has 70 valence electrons. The molecule has 1 aromatic rings. The quantitative estimate of drug-likeness (QED) is 0.700. The number of phenols is 1. The zero-order valence-corrected chi connectivity index (χ0v) is 7.45. The molecule has 0 fully saturated rings. The van der Waals surface area contributed by atoms with Crippen LogP contribution < -0.4 is 5.32 Å². The van der Waals surface area contributed by atoms with E-state index in [1.807, 2.05) is 6.92 Å². The molecule has 0 heterocycles. The highest BCUT2D eigenvalue weighted by Crippen LogP contribution is 2.28. The maximum absolute atomic E-state index is 10.1. The first-order chi connectivity index (χ1) is 6.27. The molecule has 0 bridgehead atoms. The second kappa shape index (κ2) is 4.45. The van der Waals surface area contributed by atoms with Gasteiger partial charge in [0.25, 0.3) is 0 Å². The number of nitroso groups, excluding NO2 is 1. The summed E-state index contributed by atoms with van der Waals surface area (Å²) in [5, 5.41) is 15.0. The molecule has 4 heteroatoms. The van der Waals surface area contributed by atoms with Crippen LogP contribution in [0.2, 0.25) is 0 Å². The van der Waals surface area contributed by atoms with Gasteiger partial charge in [-0.25, -0.2) is 0 Å². The lowest BCUT2D eigenvalue weighted by Crippen LogP contribution is -1.98. The second-order valence-corrected chi connectivity index (χ2v) is 2.72. The van der Waals surface area contributed by atoms with E-state index in [-0.39, 0.29) is 11.4 Å². The average Bonchev–Trinajstić information content (AvgIpc) is 2.15. The predicted octanol–water partition coefficient (Wildman–Crippen LogP) is 2.61. The topological polar surface area (TPSA) is 61.7 Å². The van der Waals surface area contributed by atoms with Crippen molar-refractivity contribution >= 4 is 11.4 Å². The predicted molar refractivity (Wildman–Crippen MR) is 52.3 cm³/mol. The Morgan fingerprint density at radius 2 is 2.31 bits per heavy atom. The maximum Gasteiger partial charge on any atom is 0.149 e. The summed E-state index contributed by atoms with van der Waals surface area (Å²) in [5.41, 5.74) is 0.869. The van der Waals surface area contributed by atoms with Crippen molar-refractivity contribution in [1.82, 2.24) is 0 Å². The van der Waals surface area contributed by atoms with Gasteiger partial charge in [0.2, 0.25) is 0 Å². The maximum atomic E-state index is 10.1. The van der Waals surface area contributed by atoms with E-state index in [1.54, 1.807) is 6.07 Å². The molecule has 1 rings (SSSR count). The van der Waals surface area contributed by atoms with Crippen LogP contribution in [0.4, 0.5) is 11.4 Å². The van der Waals surface area contributed by atoms with E-state index in [0.29, 0.717) is 0 Å². The zero-order valence-electron chi connectivity index (χ0n) is 7.45. The summed E-state index contributed by atoms with van der Waals surface area (Å²) in [6.07, 6.45) is 1.01. The van der Waals surface area contributed by atoms with E-state index in [1.165, 1.54) is 12.1 Å². The summed E-state index contributed by atoms with van der Waals surface area (Å²) in [6.45, 7) is 2.89. The minimum atomic E-state index is -0.0869. The summed E-state index contributed by atoms with van der Waals surface area (Å²) < 4.78 is 0. The first-order valence-electron chi connectivity index (χ1n) is 4.18. The van der Waals surface area contributed by atoms with Crippen molar-refractivity contribution < 1.29 is 5.11 Å². The fourth-order valence-electron chi connectivity index (χ4n) is 0.980. The van der Waals surface area contributed by atoms with Gasteiger partial charge in [-0.15, -0.1) is 4.91 Å². The van der Waals surface area contributed by atoms with Crippen molar-refractivity contribution in [3.63, 3.8) is 0 Å². The molecule has 2 N–H and O–H groups in total. The Hall–Kier alpha value is -1.58. The molecule has 1 aromatic carbocycles. The van der Waals surface area contributed by atoms with Gasteiger partial charge in [-0.3, -0.25) is 0 Å². The number of benzene rings is 1. The van der Waals surface area contributed by atoms with Gasteiger partial charge in [0, 0.05) is 18.3 Å². The number of hydrogen-bond donors (Lipinski definition) is 2. The third kappa shape index (κ3) is 2.43. The summed E-state index contributed by atoms with van der Waals surface area (Å²) in [7, 11) is 0. The number of aromatic hydroxyl groups is 1. The average molecular weight is 180 g/mol. The van der Waals surface area contributed by atoms with E-state index in [0.717, 1.165) is 18.7 Å². The summed E-state index contributed by atoms with van der Waals surface area (Å²) in [5.74, 6) is -0.0869. The Labute approximate surface area is 76.6 Å². The summed E-state index contributed by atoms with van der Waals surface area (Å²) >= 11 is 0. The normalized spacial score (nSPS) is 9.62. The molecule has 0 saturated carbocycles. The van der Waals surface area contributed by atoms with Gasteiger partial charge >= 0.3 is 0 Å². The monoisotopic (exact) mass is 180 g/mol. The minimum Gasteiger partial charge on any atom is -0.505 e. The van der Waals surface area contributed by atoms with Crippen molar-refractivity contribution in [1.29, 1.82) is 0 Å². The molecule has 13 heavy (non-hydrogen) atoms. The van der Waals surface area contributed by atoms with Crippen molar-refractivity contribution in [2.24, 2.45) is 5.18 Å². The highest BCUT2D eigenvalue weighted by Gasteiger charge is 2.01. The third-order valence-corrected chi connectivity index (χ3v) is 1.65. The van der Waals surface area contributed by atoms with Crippen molar-refractivity contribution in [3.05, 3.63) is 23.1 Å². The Morgan fingerprint density at radius 3 is 2.85 bits per heavy atom. The Balaban J connectivity index is 2.77. The molecule has 0 atom stereocenters. The summed E-state index contributed by atoms with van der Waals surface area (Å²) in [6, 6.07) is 4.69. The van der Waals surface area contributed by atoms with Crippen LogP contribution in [-0.2, 0) is 0 Å². The SMILES string of the molecule is CCCNc1ccc(N=O)c(O)c1. The molecule has 0 aromatic heterocycles. The number of rotatable bonds is 4. The van der Waals surface area contributed by atoms with Gasteiger partial charge in [-0.2, -0.15) is 0 Å². The minimum absolute atomic E-state index is 0.0713. The molecule has 4 nitrogen and oxygen atoms in total. The Kier molecular flexibility index (Phi) is 3.25. The molecule has 0 amide bonds. The molecule has 0 radical (unpaired) electrons. The number of nitrogens with one attached hydrogen (secondary N) is 1. The van der Waals surface area contributed by atoms with Crippen LogP contribution in [0, 0.1) is 4.91 Å². The number of nitrogens with zero attached hydrogens (tertiary/aromatic N) is 1. The summed E-state index contributed by atoms with van der Waals surface area (Å²) in [4.78, 5) is 10.1. The van der Waals surface area contributed by atoms with Crippen LogP contribution >= 0.6 is 0 Å². The number of hydrogen-bond acceptors (Lipinski definition) is 4. The lowest BCUT2D eigenvalue weighted by atomic mass is 10.2. The van der Waals surface area contributed by atoms with Gasteiger partial charge < -0.3 is 10.4 Å². The second-order valence-electron chi connectivity index (χ2n) is 2.72. The molecule has 0 saturated heterocycles. The van der Waals surface area contributed by atoms with E-state index < -0.39 is 0 Å². The number of anilines is 1. The molecule has 0 aliphatic carbocycles. The van der Waals surface area contributed by atoms with Crippen molar-refractivity contribution in [2.75, 3.05) is 11.9 Å². The highest BCUT2D eigenvalue weighted by molar-refractivity contribution is 5.59. The highest BCUT2D eigenvalue weighted by atomic mass is 16.3. The van der Waals surface area contributed by atoms with Crippen LogP contribution in [0.5, 0.6) is 5.75 Å². The molecule has 0 aliphatic rings. The van der Waals surface area contributed by atoms with Gasteiger partial charge in [0.15, 0.2) is 0 Å². The van der Waals surface area contributed by atoms with E-state index >= 15 is 0 Å². The largest absolute Gasteiger partial charge is 0.505 e. The van der Waals surface area contributed by atoms with Crippen LogP contribution in [0.1, 0.15) is 13.3 Å². The van der Waals surface area contributed by atoms with E-state index in [9.17, 15) is 10.0 Å². The van der Waals surface area contributed by atoms with Crippen LogP contribution in [0.3, 0.4) is 0 Å². The molecule has 0 spiro atoms. The molecular formula is C9H12N2O2. The van der Waals surface area contributed by atoms with E-state index in [2.05, 4.69) is 10.5 Å². The molecule has 0 unspecified atom stereocenters.